The zero-order chi connectivity index (χ0) is 14.6. The highest BCUT2D eigenvalue weighted by atomic mass is 16.5. The van der Waals surface area contributed by atoms with Crippen LogP contribution in [0.25, 0.3) is 0 Å². The predicted octanol–water partition coefficient (Wildman–Crippen LogP) is 2.67. The van der Waals surface area contributed by atoms with Gasteiger partial charge in [0.15, 0.2) is 5.96 Å². The second kappa shape index (κ2) is 6.79. The molecule has 20 heavy (non-hydrogen) atoms. The van der Waals surface area contributed by atoms with Gasteiger partial charge in [0.05, 0.1) is 6.10 Å². The van der Waals surface area contributed by atoms with Gasteiger partial charge >= 0.3 is 0 Å². The summed E-state index contributed by atoms with van der Waals surface area (Å²) in [7, 11) is 0. The van der Waals surface area contributed by atoms with E-state index >= 15 is 0 Å². The Balaban J connectivity index is 1.87. The molecular weight excluding hydrogens is 250 g/mol. The van der Waals surface area contributed by atoms with Crippen LogP contribution in [-0.4, -0.2) is 31.3 Å². The number of nitrogens with two attached hydrogens (primary N) is 1. The number of ether oxygens (including phenoxy) is 1. The Hall–Kier alpha value is -0.770. The van der Waals surface area contributed by atoms with E-state index in [0.717, 1.165) is 38.3 Å². The lowest BCUT2D eigenvalue weighted by molar-refractivity contribution is -0.133. The Bertz CT molecular complexity index is 335. The minimum Gasteiger partial charge on any atom is -0.378 e. The molecule has 2 aliphatic rings. The summed E-state index contributed by atoms with van der Waals surface area (Å²) in [5, 5.41) is 3.45. The van der Waals surface area contributed by atoms with E-state index in [0.29, 0.717) is 18.1 Å². The molecule has 2 fully saturated rings. The van der Waals surface area contributed by atoms with Crippen LogP contribution in [0.4, 0.5) is 0 Å². The standard InChI is InChI=1S/C16H31N3O/c1-4-16(5-2)13(10-14(16)20-6-3)19-15(17)18-11-12-8-7-9-12/h12-14H,4-11H2,1-3H3,(H3,17,18,19). The summed E-state index contributed by atoms with van der Waals surface area (Å²) in [6.07, 6.45) is 7.68. The fourth-order valence-corrected chi connectivity index (χ4v) is 3.71. The fraction of sp³-hybridized carbons (Fsp3) is 0.938. The normalized spacial score (nSPS) is 29.6. The molecule has 0 bridgehead atoms. The molecule has 2 unspecified atom stereocenters. The average Bonchev–Trinajstić information content (AvgIpc) is 2.37. The number of nitrogens with one attached hydrogen (secondary N) is 1. The molecule has 3 N–H and O–H groups in total. The number of nitrogens with zero attached hydrogens (tertiary/aromatic N) is 1. The van der Waals surface area contributed by atoms with Gasteiger partial charge in [0.1, 0.15) is 0 Å². The maximum atomic E-state index is 6.06. The number of hydrogen-bond acceptors (Lipinski definition) is 2. The average molecular weight is 281 g/mol. The Morgan fingerprint density at radius 3 is 2.50 bits per heavy atom. The van der Waals surface area contributed by atoms with Gasteiger partial charge < -0.3 is 15.8 Å². The fourth-order valence-electron chi connectivity index (χ4n) is 3.71. The minimum absolute atomic E-state index is 0.229. The molecule has 0 spiro atoms. The second-order valence-corrected chi connectivity index (χ2v) is 6.34. The summed E-state index contributed by atoms with van der Waals surface area (Å²) in [6.45, 7) is 8.28. The molecule has 2 aliphatic carbocycles. The molecule has 0 aromatic carbocycles. The molecule has 2 rings (SSSR count). The molecule has 0 aliphatic heterocycles. The number of aliphatic imine (C=N–C) groups is 1. The monoisotopic (exact) mass is 281 g/mol. The van der Waals surface area contributed by atoms with Crippen LogP contribution in [0.5, 0.6) is 0 Å². The zero-order valence-corrected chi connectivity index (χ0v) is 13.3. The van der Waals surface area contributed by atoms with Crippen molar-refractivity contribution in [3.63, 3.8) is 0 Å². The SMILES string of the molecule is CCOC1CC(NC(N)=NCC2CCC2)C1(CC)CC. The quantitative estimate of drug-likeness (QED) is 0.557. The smallest absolute Gasteiger partial charge is 0.188 e. The highest BCUT2D eigenvalue weighted by molar-refractivity contribution is 5.78. The molecule has 2 atom stereocenters. The van der Waals surface area contributed by atoms with E-state index in [1.165, 1.54) is 19.3 Å². The van der Waals surface area contributed by atoms with E-state index in [9.17, 15) is 0 Å². The molecule has 0 amide bonds. The van der Waals surface area contributed by atoms with Gasteiger partial charge in [-0.05, 0) is 44.9 Å². The van der Waals surface area contributed by atoms with Gasteiger partial charge in [-0.2, -0.15) is 0 Å². The van der Waals surface area contributed by atoms with Crippen LogP contribution >= 0.6 is 0 Å². The van der Waals surface area contributed by atoms with E-state index in [1.54, 1.807) is 0 Å². The van der Waals surface area contributed by atoms with Crippen molar-refractivity contribution in [2.24, 2.45) is 22.1 Å². The van der Waals surface area contributed by atoms with Crippen LogP contribution in [0.1, 0.15) is 59.3 Å². The third kappa shape index (κ3) is 2.95. The van der Waals surface area contributed by atoms with Crippen LogP contribution in [-0.2, 0) is 4.74 Å². The first kappa shape index (κ1) is 15.6. The molecular formula is C16H31N3O. The highest BCUT2D eigenvalue weighted by Crippen LogP contribution is 2.48. The third-order valence-electron chi connectivity index (χ3n) is 5.54. The van der Waals surface area contributed by atoms with Gasteiger partial charge in [-0.15, -0.1) is 0 Å². The Kier molecular flexibility index (Phi) is 5.30. The first-order chi connectivity index (χ1) is 9.66. The van der Waals surface area contributed by atoms with Crippen molar-refractivity contribution in [1.29, 1.82) is 0 Å². The van der Waals surface area contributed by atoms with E-state index in [1.807, 2.05) is 0 Å². The van der Waals surface area contributed by atoms with Crippen LogP contribution in [0.2, 0.25) is 0 Å². The van der Waals surface area contributed by atoms with Gasteiger partial charge in [0.25, 0.3) is 0 Å². The molecule has 0 aromatic heterocycles. The Morgan fingerprint density at radius 2 is 2.00 bits per heavy atom. The maximum absolute atomic E-state index is 6.06. The lowest BCUT2D eigenvalue weighted by Crippen LogP contribution is -2.65. The first-order valence-electron chi connectivity index (χ1n) is 8.34. The minimum atomic E-state index is 0.229. The van der Waals surface area contributed by atoms with Crippen molar-refractivity contribution in [2.75, 3.05) is 13.2 Å². The van der Waals surface area contributed by atoms with Crippen LogP contribution < -0.4 is 11.1 Å². The van der Waals surface area contributed by atoms with Crippen molar-refractivity contribution in [3.8, 4) is 0 Å². The van der Waals surface area contributed by atoms with Crippen molar-refractivity contribution >= 4 is 5.96 Å². The summed E-state index contributed by atoms with van der Waals surface area (Å²) >= 11 is 0. The molecule has 116 valence electrons. The number of guanidine groups is 1. The van der Waals surface area contributed by atoms with Crippen LogP contribution in [0, 0.1) is 11.3 Å². The van der Waals surface area contributed by atoms with Crippen molar-refractivity contribution in [2.45, 2.75) is 71.4 Å². The van der Waals surface area contributed by atoms with Gasteiger partial charge in [0.2, 0.25) is 0 Å². The van der Waals surface area contributed by atoms with E-state index in [4.69, 9.17) is 10.5 Å². The predicted molar refractivity (Wildman–Crippen MR) is 83.8 cm³/mol. The van der Waals surface area contributed by atoms with Gasteiger partial charge in [-0.3, -0.25) is 4.99 Å². The first-order valence-corrected chi connectivity index (χ1v) is 8.34. The maximum Gasteiger partial charge on any atom is 0.188 e. The molecule has 0 saturated heterocycles. The second-order valence-electron chi connectivity index (χ2n) is 6.34. The topological polar surface area (TPSA) is 59.6 Å². The van der Waals surface area contributed by atoms with Gasteiger partial charge in [0, 0.05) is 24.6 Å². The lowest BCUT2D eigenvalue weighted by atomic mass is 9.58. The zero-order valence-electron chi connectivity index (χ0n) is 13.3. The Morgan fingerprint density at radius 1 is 1.30 bits per heavy atom. The van der Waals surface area contributed by atoms with Crippen molar-refractivity contribution < 1.29 is 4.74 Å². The van der Waals surface area contributed by atoms with E-state index in [-0.39, 0.29) is 5.41 Å². The molecule has 4 nitrogen and oxygen atoms in total. The molecule has 2 saturated carbocycles. The highest BCUT2D eigenvalue weighted by Gasteiger charge is 2.53. The summed E-state index contributed by atoms with van der Waals surface area (Å²) in [5.74, 6) is 1.40. The Labute approximate surface area is 123 Å². The lowest BCUT2D eigenvalue weighted by Gasteiger charge is -2.55. The number of hydrogen-bond donors (Lipinski definition) is 2. The summed E-state index contributed by atoms with van der Waals surface area (Å²) in [5.41, 5.74) is 6.29. The molecule has 0 aromatic rings. The van der Waals surface area contributed by atoms with E-state index in [2.05, 4.69) is 31.1 Å². The molecule has 0 heterocycles. The molecule has 0 radical (unpaired) electrons. The van der Waals surface area contributed by atoms with E-state index < -0.39 is 0 Å². The third-order valence-corrected chi connectivity index (χ3v) is 5.54. The van der Waals surface area contributed by atoms with Gasteiger partial charge in [-0.1, -0.05) is 20.3 Å². The van der Waals surface area contributed by atoms with Gasteiger partial charge in [-0.25, -0.2) is 0 Å². The number of rotatable bonds is 7. The summed E-state index contributed by atoms with van der Waals surface area (Å²) in [4.78, 5) is 4.52. The summed E-state index contributed by atoms with van der Waals surface area (Å²) < 4.78 is 5.89. The van der Waals surface area contributed by atoms with Crippen molar-refractivity contribution in [1.82, 2.24) is 5.32 Å². The van der Waals surface area contributed by atoms with Crippen molar-refractivity contribution in [3.05, 3.63) is 0 Å². The summed E-state index contributed by atoms with van der Waals surface area (Å²) in [6, 6.07) is 0.416. The largest absolute Gasteiger partial charge is 0.378 e. The van der Waals surface area contributed by atoms with Crippen LogP contribution in [0.3, 0.4) is 0 Å². The molecule has 4 heteroatoms. The van der Waals surface area contributed by atoms with Crippen LogP contribution in [0.15, 0.2) is 4.99 Å².